The van der Waals surface area contributed by atoms with Crippen molar-refractivity contribution in [1.82, 2.24) is 4.98 Å². The van der Waals surface area contributed by atoms with E-state index in [-0.39, 0.29) is 17.9 Å². The molecule has 4 rings (SSSR count). The molecular formula is C22H18BrF3N2O2S. The molecule has 1 aliphatic rings. The summed E-state index contributed by atoms with van der Waals surface area (Å²) in [6, 6.07) is 15.9. The van der Waals surface area contributed by atoms with Crippen molar-refractivity contribution in [3.8, 4) is 16.9 Å². The fourth-order valence-corrected chi connectivity index (χ4v) is 4.15. The summed E-state index contributed by atoms with van der Waals surface area (Å²) in [5.41, 5.74) is -1.22. The Hall–Kier alpha value is -2.23. The normalized spacial score (nSPS) is 18.2. The van der Waals surface area contributed by atoms with Crippen LogP contribution in [0.1, 0.15) is 17.4 Å². The molecule has 4 nitrogen and oxygen atoms in total. The second kappa shape index (κ2) is 9.10. The van der Waals surface area contributed by atoms with Crippen molar-refractivity contribution in [3.05, 3.63) is 76.5 Å². The summed E-state index contributed by atoms with van der Waals surface area (Å²) in [7, 11) is 0. The van der Waals surface area contributed by atoms with Crippen LogP contribution >= 0.6 is 27.9 Å². The molecule has 0 fully saturated rings. The van der Waals surface area contributed by atoms with Gasteiger partial charge in [-0.15, -0.1) is 0 Å². The number of hydrogen-bond acceptors (Lipinski definition) is 5. The third kappa shape index (κ3) is 5.34. The Balaban J connectivity index is 1.55. The Kier molecular flexibility index (Phi) is 6.45. The first-order valence-electron chi connectivity index (χ1n) is 9.45. The van der Waals surface area contributed by atoms with Crippen molar-refractivity contribution >= 4 is 33.6 Å². The van der Waals surface area contributed by atoms with E-state index in [4.69, 9.17) is 4.74 Å². The van der Waals surface area contributed by atoms with Crippen LogP contribution in [0, 0.1) is 5.92 Å². The third-order valence-electron chi connectivity index (χ3n) is 5.01. The van der Waals surface area contributed by atoms with E-state index in [1.807, 2.05) is 12.1 Å². The first-order chi connectivity index (χ1) is 14.8. The Labute approximate surface area is 190 Å². The lowest BCUT2D eigenvalue weighted by atomic mass is 9.88. The molecule has 31 heavy (non-hydrogen) atoms. The topological polar surface area (TPSA) is 54.4 Å². The highest BCUT2D eigenvalue weighted by Gasteiger charge is 2.31. The number of anilines is 1. The van der Waals surface area contributed by atoms with Gasteiger partial charge in [-0.3, -0.25) is 4.98 Å². The molecule has 1 aromatic heterocycles. The van der Waals surface area contributed by atoms with Crippen LogP contribution in [0.2, 0.25) is 0 Å². The van der Waals surface area contributed by atoms with E-state index in [9.17, 15) is 18.3 Å². The van der Waals surface area contributed by atoms with Crippen LogP contribution in [-0.2, 0) is 6.42 Å². The minimum Gasteiger partial charge on any atom is -0.493 e. The van der Waals surface area contributed by atoms with Gasteiger partial charge in [0.1, 0.15) is 5.75 Å². The Morgan fingerprint density at radius 3 is 2.71 bits per heavy atom. The van der Waals surface area contributed by atoms with Gasteiger partial charge in [-0.25, -0.2) is 0 Å². The van der Waals surface area contributed by atoms with Crippen molar-refractivity contribution in [2.45, 2.75) is 18.0 Å². The lowest BCUT2D eigenvalue weighted by molar-refractivity contribution is -0.0323. The van der Waals surface area contributed by atoms with Crippen molar-refractivity contribution in [3.63, 3.8) is 0 Å². The predicted molar refractivity (Wildman–Crippen MR) is 119 cm³/mol. The third-order valence-corrected chi connectivity index (χ3v) is 6.03. The van der Waals surface area contributed by atoms with E-state index in [1.54, 1.807) is 48.7 Å². The SMILES string of the molecule is OC1c2ccc(-c3ccccc3NSC(F)(F)F)cc2OC[C@H]1Cc1ccc(Br)cn1. The van der Waals surface area contributed by atoms with Crippen molar-refractivity contribution in [1.29, 1.82) is 0 Å². The van der Waals surface area contributed by atoms with Crippen LogP contribution < -0.4 is 9.46 Å². The summed E-state index contributed by atoms with van der Waals surface area (Å²) in [5, 5.41) is 10.9. The van der Waals surface area contributed by atoms with Crippen LogP contribution in [0.15, 0.2) is 65.3 Å². The van der Waals surface area contributed by atoms with E-state index in [0.717, 1.165) is 10.2 Å². The zero-order valence-corrected chi connectivity index (χ0v) is 18.5. The maximum atomic E-state index is 12.6. The number of alkyl halides is 3. The van der Waals surface area contributed by atoms with Gasteiger partial charge in [0.2, 0.25) is 0 Å². The number of ether oxygens (including phenoxy) is 1. The average molecular weight is 511 g/mol. The first-order valence-corrected chi connectivity index (χ1v) is 11.1. The molecule has 9 heteroatoms. The Morgan fingerprint density at radius 2 is 1.97 bits per heavy atom. The maximum Gasteiger partial charge on any atom is 0.461 e. The molecule has 162 valence electrons. The van der Waals surface area contributed by atoms with E-state index < -0.39 is 11.6 Å². The lowest BCUT2D eigenvalue weighted by Gasteiger charge is -2.30. The van der Waals surface area contributed by atoms with Gasteiger partial charge < -0.3 is 14.6 Å². The number of fused-ring (bicyclic) bond motifs is 1. The van der Waals surface area contributed by atoms with E-state index in [2.05, 4.69) is 25.6 Å². The number of nitrogens with one attached hydrogen (secondary N) is 1. The molecule has 0 bridgehead atoms. The van der Waals surface area contributed by atoms with Gasteiger partial charge in [0.15, 0.2) is 0 Å². The summed E-state index contributed by atoms with van der Waals surface area (Å²) in [4.78, 5) is 4.36. The molecule has 0 spiro atoms. The maximum absolute atomic E-state index is 12.6. The Bertz CT molecular complexity index is 1060. The summed E-state index contributed by atoms with van der Waals surface area (Å²) < 4.78 is 47.0. The molecule has 0 radical (unpaired) electrons. The number of benzene rings is 2. The fraction of sp³-hybridized carbons (Fsp3) is 0.227. The number of aliphatic hydroxyl groups excluding tert-OH is 1. The number of aliphatic hydroxyl groups is 1. The summed E-state index contributed by atoms with van der Waals surface area (Å²) in [6.45, 7) is 0.319. The van der Waals surface area contributed by atoms with Gasteiger partial charge in [0, 0.05) is 33.4 Å². The quantitative estimate of drug-likeness (QED) is 0.390. The number of para-hydroxylation sites is 1. The van der Waals surface area contributed by atoms with Crippen LogP contribution in [0.5, 0.6) is 5.75 Å². The van der Waals surface area contributed by atoms with Gasteiger partial charge in [0.05, 0.1) is 30.3 Å². The second-order valence-electron chi connectivity index (χ2n) is 7.14. The highest BCUT2D eigenvalue weighted by Crippen LogP contribution is 2.41. The van der Waals surface area contributed by atoms with Crippen LogP contribution in [0.4, 0.5) is 18.9 Å². The molecule has 2 heterocycles. The van der Waals surface area contributed by atoms with Crippen molar-refractivity contribution < 1.29 is 23.0 Å². The standard InChI is InChI=1S/C22H18BrF3N2O2S/c23-15-6-7-16(27-11-15)9-14-12-30-20-10-13(5-8-18(20)21(14)29)17-3-1-2-4-19(17)28-31-22(24,25)26/h1-8,10-11,14,21,28-29H,9,12H2/t14-,21?/m1/s1. The van der Waals surface area contributed by atoms with E-state index in [0.29, 0.717) is 41.2 Å². The molecule has 0 saturated carbocycles. The van der Waals surface area contributed by atoms with E-state index >= 15 is 0 Å². The highest BCUT2D eigenvalue weighted by atomic mass is 79.9. The summed E-state index contributed by atoms with van der Waals surface area (Å²) in [6.07, 6.45) is 1.56. The van der Waals surface area contributed by atoms with Crippen LogP contribution in [-0.4, -0.2) is 22.2 Å². The fourth-order valence-electron chi connectivity index (χ4n) is 3.52. The van der Waals surface area contributed by atoms with Crippen molar-refractivity contribution in [2.24, 2.45) is 5.92 Å². The van der Waals surface area contributed by atoms with Crippen molar-refractivity contribution in [2.75, 3.05) is 11.3 Å². The molecule has 0 aliphatic carbocycles. The second-order valence-corrected chi connectivity index (χ2v) is 8.92. The molecule has 2 N–H and O–H groups in total. The minimum atomic E-state index is -4.39. The predicted octanol–water partition coefficient (Wildman–Crippen LogP) is 6.38. The number of halogens is 4. The smallest absolute Gasteiger partial charge is 0.461 e. The van der Waals surface area contributed by atoms with E-state index in [1.165, 1.54) is 0 Å². The molecule has 0 saturated heterocycles. The molecule has 0 amide bonds. The number of rotatable bonds is 5. The number of hydrogen-bond donors (Lipinski definition) is 2. The number of pyridine rings is 1. The minimum absolute atomic E-state index is 0.149. The lowest BCUT2D eigenvalue weighted by Crippen LogP contribution is -2.28. The highest BCUT2D eigenvalue weighted by molar-refractivity contribution is 9.10. The number of nitrogens with zero attached hydrogens (tertiary/aromatic N) is 1. The average Bonchev–Trinajstić information content (AvgIpc) is 2.75. The Morgan fingerprint density at radius 1 is 1.16 bits per heavy atom. The zero-order valence-electron chi connectivity index (χ0n) is 16.1. The van der Waals surface area contributed by atoms with Gasteiger partial charge in [-0.2, -0.15) is 13.2 Å². The molecule has 2 atom stereocenters. The summed E-state index contributed by atoms with van der Waals surface area (Å²) >= 11 is 3.05. The first kappa shape index (κ1) is 22.0. The van der Waals surface area contributed by atoms with Crippen LogP contribution in [0.25, 0.3) is 11.1 Å². The van der Waals surface area contributed by atoms with Gasteiger partial charge in [0.25, 0.3) is 0 Å². The monoisotopic (exact) mass is 510 g/mol. The summed E-state index contributed by atoms with van der Waals surface area (Å²) in [5.74, 6) is 0.382. The zero-order chi connectivity index (χ0) is 22.0. The van der Waals surface area contributed by atoms with Gasteiger partial charge in [-0.1, -0.05) is 30.3 Å². The van der Waals surface area contributed by atoms with Gasteiger partial charge >= 0.3 is 5.51 Å². The molecule has 3 aromatic rings. The largest absolute Gasteiger partial charge is 0.493 e. The number of aromatic nitrogens is 1. The van der Waals surface area contributed by atoms with Gasteiger partial charge in [-0.05, 0) is 52.2 Å². The molecule has 1 unspecified atom stereocenters. The van der Waals surface area contributed by atoms with Crippen LogP contribution in [0.3, 0.4) is 0 Å². The molecule has 1 aliphatic heterocycles. The molecule has 2 aromatic carbocycles. The molecular weight excluding hydrogens is 493 g/mol.